The third-order valence-corrected chi connectivity index (χ3v) is 4.88. The van der Waals surface area contributed by atoms with Gasteiger partial charge in [0.1, 0.15) is 5.75 Å². The number of carbonyl (C=O) groups excluding carboxylic acids is 1. The molecular formula is C23H32N2O3. The van der Waals surface area contributed by atoms with Gasteiger partial charge in [-0.3, -0.25) is 0 Å². The highest BCUT2D eigenvalue weighted by Gasteiger charge is 2.10. The number of methoxy groups -OCH3 is 1. The summed E-state index contributed by atoms with van der Waals surface area (Å²) in [6.45, 7) is 6.45. The second-order valence-electron chi connectivity index (χ2n) is 6.87. The molecule has 0 aliphatic rings. The molecule has 2 rings (SSSR count). The Hall–Kier alpha value is -2.69. The summed E-state index contributed by atoms with van der Waals surface area (Å²) in [5, 5.41) is 0. The van der Waals surface area contributed by atoms with Crippen molar-refractivity contribution in [3.05, 3.63) is 53.6 Å². The van der Waals surface area contributed by atoms with Crippen molar-refractivity contribution in [3.8, 4) is 5.75 Å². The molecule has 0 spiro atoms. The molecule has 0 atom stereocenters. The van der Waals surface area contributed by atoms with E-state index in [0.717, 1.165) is 50.0 Å². The van der Waals surface area contributed by atoms with Crippen molar-refractivity contribution >= 4 is 17.3 Å². The quantitative estimate of drug-likeness (QED) is 0.341. The number of nitrogens with two attached hydrogens (primary N) is 1. The Morgan fingerprint density at radius 1 is 1.07 bits per heavy atom. The van der Waals surface area contributed by atoms with Gasteiger partial charge in [0.05, 0.1) is 25.0 Å². The van der Waals surface area contributed by atoms with Crippen LogP contribution in [0.5, 0.6) is 5.75 Å². The third-order valence-electron chi connectivity index (χ3n) is 4.88. The molecule has 152 valence electrons. The van der Waals surface area contributed by atoms with E-state index in [1.54, 1.807) is 7.11 Å². The monoisotopic (exact) mass is 384 g/mol. The van der Waals surface area contributed by atoms with Gasteiger partial charge in [-0.05, 0) is 56.9 Å². The number of nitrogens with zero attached hydrogens (tertiary/aromatic N) is 1. The summed E-state index contributed by atoms with van der Waals surface area (Å²) in [6, 6.07) is 13.4. The minimum Gasteiger partial charge on any atom is -0.495 e. The number of esters is 1. The minimum atomic E-state index is -0.229. The first-order chi connectivity index (χ1) is 13.6. The second kappa shape index (κ2) is 11.2. The fourth-order valence-electron chi connectivity index (χ4n) is 3.17. The molecule has 0 aliphatic heterocycles. The van der Waals surface area contributed by atoms with Crippen LogP contribution in [0.4, 0.5) is 11.4 Å². The van der Waals surface area contributed by atoms with Crippen molar-refractivity contribution in [2.24, 2.45) is 0 Å². The summed E-state index contributed by atoms with van der Waals surface area (Å²) in [6.07, 6.45) is 4.12. The molecule has 2 N–H and O–H groups in total. The van der Waals surface area contributed by atoms with E-state index in [2.05, 4.69) is 11.8 Å². The fraction of sp³-hybridized carbons (Fsp3) is 0.435. The summed E-state index contributed by atoms with van der Waals surface area (Å²) in [7, 11) is 1.64. The number of unbranched alkanes of at least 4 members (excludes halogenated alkanes) is 3. The van der Waals surface area contributed by atoms with Crippen molar-refractivity contribution in [3.63, 3.8) is 0 Å². The molecule has 0 radical (unpaired) electrons. The number of nitrogen functional groups attached to an aromatic ring is 1. The van der Waals surface area contributed by atoms with Gasteiger partial charge in [0.2, 0.25) is 0 Å². The zero-order chi connectivity index (χ0) is 20.4. The maximum atomic E-state index is 12.1. The van der Waals surface area contributed by atoms with Crippen LogP contribution in [0.3, 0.4) is 0 Å². The van der Waals surface area contributed by atoms with Gasteiger partial charge in [0, 0.05) is 24.8 Å². The maximum absolute atomic E-state index is 12.1. The van der Waals surface area contributed by atoms with Crippen LogP contribution in [0, 0.1) is 6.92 Å². The molecule has 0 bridgehead atoms. The van der Waals surface area contributed by atoms with Gasteiger partial charge in [0.15, 0.2) is 0 Å². The maximum Gasteiger partial charge on any atom is 0.338 e. The van der Waals surface area contributed by atoms with Crippen molar-refractivity contribution < 1.29 is 14.3 Å². The zero-order valence-corrected chi connectivity index (χ0v) is 17.2. The van der Waals surface area contributed by atoms with Crippen LogP contribution >= 0.6 is 0 Å². The largest absolute Gasteiger partial charge is 0.495 e. The van der Waals surface area contributed by atoms with Crippen molar-refractivity contribution in [1.29, 1.82) is 0 Å². The van der Waals surface area contributed by atoms with Gasteiger partial charge >= 0.3 is 5.97 Å². The Balaban J connectivity index is 1.66. The first-order valence-corrected chi connectivity index (χ1v) is 9.98. The average Bonchev–Trinajstić information content (AvgIpc) is 2.71. The number of carbonyl (C=O) groups is 1. The summed E-state index contributed by atoms with van der Waals surface area (Å²) < 4.78 is 10.7. The van der Waals surface area contributed by atoms with Crippen LogP contribution in [-0.4, -0.2) is 32.8 Å². The summed E-state index contributed by atoms with van der Waals surface area (Å²) in [5.41, 5.74) is 9.28. The number of hydrogen-bond acceptors (Lipinski definition) is 5. The van der Waals surface area contributed by atoms with Gasteiger partial charge in [-0.1, -0.05) is 24.6 Å². The predicted molar refractivity (Wildman–Crippen MR) is 115 cm³/mol. The minimum absolute atomic E-state index is 0.229. The molecule has 0 unspecified atom stereocenters. The number of hydrogen-bond donors (Lipinski definition) is 1. The Kier molecular flexibility index (Phi) is 8.66. The fourth-order valence-corrected chi connectivity index (χ4v) is 3.17. The van der Waals surface area contributed by atoms with Gasteiger partial charge < -0.3 is 20.1 Å². The standard InChI is InChI=1S/C23H32N2O3/c1-4-25(19-13-14-21(24)22(17-19)27-3)15-9-5-6-10-16-28-23(26)20-12-8-7-11-18(20)2/h7-8,11-14,17H,4-6,9-10,15-16,24H2,1-3H3. The molecule has 5 nitrogen and oxygen atoms in total. The summed E-state index contributed by atoms with van der Waals surface area (Å²) >= 11 is 0. The molecule has 0 aromatic heterocycles. The highest BCUT2D eigenvalue weighted by Crippen LogP contribution is 2.27. The Labute approximate surface area is 168 Å². The van der Waals surface area contributed by atoms with E-state index in [9.17, 15) is 4.79 Å². The molecule has 2 aromatic rings. The van der Waals surface area contributed by atoms with Crippen LogP contribution in [0.25, 0.3) is 0 Å². The number of aryl methyl sites for hydroxylation is 1. The zero-order valence-electron chi connectivity index (χ0n) is 17.2. The molecule has 0 saturated heterocycles. The lowest BCUT2D eigenvalue weighted by molar-refractivity contribution is 0.0497. The highest BCUT2D eigenvalue weighted by molar-refractivity contribution is 5.90. The molecule has 2 aromatic carbocycles. The molecular weight excluding hydrogens is 352 g/mol. The molecule has 0 fully saturated rings. The molecule has 28 heavy (non-hydrogen) atoms. The summed E-state index contributed by atoms with van der Waals surface area (Å²) in [5.74, 6) is 0.485. The van der Waals surface area contributed by atoms with Crippen molar-refractivity contribution in [2.45, 2.75) is 39.5 Å². The topological polar surface area (TPSA) is 64.8 Å². The van der Waals surface area contributed by atoms with Crippen molar-refractivity contribution in [1.82, 2.24) is 0 Å². The Morgan fingerprint density at radius 2 is 1.82 bits per heavy atom. The van der Waals surface area contributed by atoms with Gasteiger partial charge in [-0.2, -0.15) is 0 Å². The summed E-state index contributed by atoms with van der Waals surface area (Å²) in [4.78, 5) is 14.4. The lowest BCUT2D eigenvalue weighted by Gasteiger charge is -2.24. The Morgan fingerprint density at radius 3 is 2.54 bits per heavy atom. The number of anilines is 2. The van der Waals surface area contributed by atoms with E-state index in [1.165, 1.54) is 0 Å². The van der Waals surface area contributed by atoms with E-state index in [4.69, 9.17) is 15.2 Å². The molecule has 0 aliphatic carbocycles. The first kappa shape index (κ1) is 21.6. The van der Waals surface area contributed by atoms with Gasteiger partial charge in [-0.25, -0.2) is 4.79 Å². The third kappa shape index (κ3) is 6.19. The molecule has 0 amide bonds. The van der Waals surface area contributed by atoms with Crippen molar-refractivity contribution in [2.75, 3.05) is 37.4 Å². The van der Waals surface area contributed by atoms with E-state index in [0.29, 0.717) is 23.6 Å². The molecule has 0 saturated carbocycles. The number of benzene rings is 2. The lowest BCUT2D eigenvalue weighted by Crippen LogP contribution is -2.24. The van der Waals surface area contributed by atoms with Crippen LogP contribution in [0.15, 0.2) is 42.5 Å². The molecule has 5 heteroatoms. The number of ether oxygens (including phenoxy) is 2. The van der Waals surface area contributed by atoms with Crippen LogP contribution in [0.2, 0.25) is 0 Å². The highest BCUT2D eigenvalue weighted by atomic mass is 16.5. The van der Waals surface area contributed by atoms with Crippen LogP contribution in [-0.2, 0) is 4.74 Å². The van der Waals surface area contributed by atoms with E-state index in [1.807, 2.05) is 49.4 Å². The second-order valence-corrected chi connectivity index (χ2v) is 6.87. The predicted octanol–water partition coefficient (Wildman–Crippen LogP) is 4.83. The van der Waals surface area contributed by atoms with E-state index >= 15 is 0 Å². The first-order valence-electron chi connectivity index (χ1n) is 9.98. The smallest absolute Gasteiger partial charge is 0.338 e. The van der Waals surface area contributed by atoms with E-state index in [-0.39, 0.29) is 5.97 Å². The van der Waals surface area contributed by atoms with Crippen LogP contribution < -0.4 is 15.4 Å². The SMILES string of the molecule is CCN(CCCCCCOC(=O)c1ccccc1C)c1ccc(N)c(OC)c1. The van der Waals surface area contributed by atoms with E-state index < -0.39 is 0 Å². The average molecular weight is 385 g/mol. The van der Waals surface area contributed by atoms with Gasteiger partial charge in [-0.15, -0.1) is 0 Å². The normalized spacial score (nSPS) is 10.5. The van der Waals surface area contributed by atoms with Crippen LogP contribution in [0.1, 0.15) is 48.5 Å². The Bertz CT molecular complexity index is 761. The number of rotatable bonds is 11. The van der Waals surface area contributed by atoms with Gasteiger partial charge in [0.25, 0.3) is 0 Å². The lowest BCUT2D eigenvalue weighted by atomic mass is 10.1. The molecule has 0 heterocycles.